The molecule has 1 atom stereocenters. The zero-order valence-corrected chi connectivity index (χ0v) is 10.3. The minimum atomic E-state index is -0.514. The van der Waals surface area contributed by atoms with Crippen molar-refractivity contribution >= 4 is 23.5 Å². The zero-order chi connectivity index (χ0) is 11.7. The average Bonchev–Trinajstić information content (AvgIpc) is 1.99. The number of alkyl halides is 1. The van der Waals surface area contributed by atoms with Crippen LogP contribution in [0.4, 0.5) is 4.79 Å². The van der Waals surface area contributed by atoms with Gasteiger partial charge in [-0.3, -0.25) is 9.69 Å². The lowest BCUT2D eigenvalue weighted by Crippen LogP contribution is -2.59. The summed E-state index contributed by atoms with van der Waals surface area (Å²) in [5.74, 6) is -0.188. The van der Waals surface area contributed by atoms with Crippen LogP contribution in [0, 0.1) is 0 Å². The largest absolute Gasteiger partial charge is 0.328 e. The molecule has 1 aliphatic rings. The zero-order valence-electron chi connectivity index (χ0n) is 9.53. The highest BCUT2D eigenvalue weighted by atomic mass is 35.5. The number of nitrogens with zero attached hydrogens (tertiary/aromatic N) is 2. The van der Waals surface area contributed by atoms with E-state index < -0.39 is 5.50 Å². The van der Waals surface area contributed by atoms with Crippen LogP contribution in [-0.2, 0) is 4.79 Å². The molecule has 15 heavy (non-hydrogen) atoms. The summed E-state index contributed by atoms with van der Waals surface area (Å²) in [7, 11) is 0. The third-order valence-electron chi connectivity index (χ3n) is 2.41. The second kappa shape index (κ2) is 4.39. The maximum absolute atomic E-state index is 12.0. The van der Waals surface area contributed by atoms with Gasteiger partial charge in [0.15, 0.2) is 0 Å². The molecule has 5 heteroatoms. The van der Waals surface area contributed by atoms with E-state index in [4.69, 9.17) is 11.6 Å². The molecule has 4 nitrogen and oxygen atoms in total. The minimum absolute atomic E-state index is 0.00866. The molecule has 0 spiro atoms. The third-order valence-corrected chi connectivity index (χ3v) is 2.78. The molecule has 86 valence electrons. The summed E-state index contributed by atoms with van der Waals surface area (Å²) in [6.45, 7) is 7.43. The molecule has 0 radical (unpaired) electrons. The summed E-state index contributed by atoms with van der Waals surface area (Å²) in [6.07, 6.45) is 0.198. The first-order valence-electron chi connectivity index (χ1n) is 5.14. The van der Waals surface area contributed by atoms with Crippen molar-refractivity contribution < 1.29 is 9.59 Å². The predicted octanol–water partition coefficient (Wildman–Crippen LogP) is 2.02. The van der Waals surface area contributed by atoms with E-state index in [1.165, 1.54) is 4.90 Å². The molecule has 0 aliphatic carbocycles. The van der Waals surface area contributed by atoms with Crippen LogP contribution in [0.1, 0.15) is 34.1 Å². The van der Waals surface area contributed by atoms with E-state index in [1.807, 2.05) is 27.7 Å². The van der Waals surface area contributed by atoms with E-state index in [9.17, 15) is 9.59 Å². The second-order valence-corrected chi connectivity index (χ2v) is 4.78. The van der Waals surface area contributed by atoms with Crippen LogP contribution in [-0.4, -0.2) is 39.3 Å². The first-order valence-corrected chi connectivity index (χ1v) is 5.58. The Hall–Kier alpha value is -0.770. The van der Waals surface area contributed by atoms with Gasteiger partial charge in [-0.2, -0.15) is 0 Å². The van der Waals surface area contributed by atoms with Crippen molar-refractivity contribution in [2.75, 3.05) is 0 Å². The number of carbonyl (C=O) groups is 2. The normalized spacial score (nSPS) is 23.3. The van der Waals surface area contributed by atoms with E-state index in [0.29, 0.717) is 0 Å². The third kappa shape index (κ3) is 2.25. The van der Waals surface area contributed by atoms with Crippen molar-refractivity contribution in [1.82, 2.24) is 9.80 Å². The predicted molar refractivity (Wildman–Crippen MR) is 58.6 cm³/mol. The van der Waals surface area contributed by atoms with Crippen molar-refractivity contribution in [1.29, 1.82) is 0 Å². The fraction of sp³-hybridized carbons (Fsp3) is 0.800. The van der Waals surface area contributed by atoms with Gasteiger partial charge in [0.1, 0.15) is 5.50 Å². The SMILES string of the molecule is CC(C)N1C(=O)CC(Cl)N(C(C)C)C1=O. The van der Waals surface area contributed by atoms with Gasteiger partial charge in [-0.05, 0) is 27.7 Å². The van der Waals surface area contributed by atoms with Crippen molar-refractivity contribution in [3.8, 4) is 0 Å². The van der Waals surface area contributed by atoms with Gasteiger partial charge in [0.25, 0.3) is 0 Å². The Morgan fingerprint density at radius 1 is 1.20 bits per heavy atom. The van der Waals surface area contributed by atoms with E-state index in [-0.39, 0.29) is 30.4 Å². The topological polar surface area (TPSA) is 40.6 Å². The van der Waals surface area contributed by atoms with Crippen LogP contribution in [0.15, 0.2) is 0 Å². The second-order valence-electron chi connectivity index (χ2n) is 4.28. The van der Waals surface area contributed by atoms with Gasteiger partial charge in [-0.15, -0.1) is 0 Å². The van der Waals surface area contributed by atoms with Gasteiger partial charge in [-0.1, -0.05) is 11.6 Å². The molecule has 1 unspecified atom stereocenters. The molecule has 1 heterocycles. The maximum Gasteiger partial charge on any atom is 0.328 e. The maximum atomic E-state index is 12.0. The highest BCUT2D eigenvalue weighted by molar-refractivity contribution is 6.23. The van der Waals surface area contributed by atoms with E-state index in [1.54, 1.807) is 4.90 Å². The molecule has 0 aromatic carbocycles. The highest BCUT2D eigenvalue weighted by Gasteiger charge is 2.40. The van der Waals surface area contributed by atoms with E-state index in [0.717, 1.165) is 0 Å². The number of hydrogen-bond acceptors (Lipinski definition) is 2. The molecule has 0 N–H and O–H groups in total. The molecule has 1 rings (SSSR count). The van der Waals surface area contributed by atoms with Gasteiger partial charge in [0.05, 0.1) is 6.42 Å². The smallest absolute Gasteiger partial charge is 0.305 e. The van der Waals surface area contributed by atoms with Crippen LogP contribution in [0.2, 0.25) is 0 Å². The summed E-state index contributed by atoms with van der Waals surface area (Å²) in [5.41, 5.74) is -0.514. The molecular formula is C10H17ClN2O2. The summed E-state index contributed by atoms with van der Waals surface area (Å²) < 4.78 is 0. The number of halogens is 1. The van der Waals surface area contributed by atoms with Crippen LogP contribution in [0.5, 0.6) is 0 Å². The van der Waals surface area contributed by atoms with Crippen molar-refractivity contribution in [3.05, 3.63) is 0 Å². The summed E-state index contributed by atoms with van der Waals surface area (Å²) in [4.78, 5) is 26.4. The summed E-state index contributed by atoms with van der Waals surface area (Å²) in [5, 5.41) is 0. The van der Waals surface area contributed by atoms with Gasteiger partial charge >= 0.3 is 6.03 Å². The van der Waals surface area contributed by atoms with Crippen molar-refractivity contribution in [2.24, 2.45) is 0 Å². The molecule has 1 fully saturated rings. The van der Waals surface area contributed by atoms with Crippen molar-refractivity contribution in [2.45, 2.75) is 51.7 Å². The molecule has 1 aliphatic heterocycles. The number of carbonyl (C=O) groups excluding carboxylic acids is 2. The number of imide groups is 1. The Bertz CT molecular complexity index is 279. The van der Waals surface area contributed by atoms with Crippen molar-refractivity contribution in [3.63, 3.8) is 0 Å². The lowest BCUT2D eigenvalue weighted by molar-refractivity contribution is -0.133. The molecule has 0 aromatic heterocycles. The summed E-state index contributed by atoms with van der Waals surface area (Å²) >= 11 is 5.99. The lowest BCUT2D eigenvalue weighted by Gasteiger charge is -2.41. The van der Waals surface area contributed by atoms with Crippen LogP contribution in [0.3, 0.4) is 0 Å². The van der Waals surface area contributed by atoms with Crippen LogP contribution < -0.4 is 0 Å². The van der Waals surface area contributed by atoms with Crippen LogP contribution in [0.25, 0.3) is 0 Å². The molecule has 1 saturated heterocycles. The van der Waals surface area contributed by atoms with Gasteiger partial charge < -0.3 is 4.90 Å². The first-order chi connectivity index (χ1) is 6.86. The van der Waals surface area contributed by atoms with Crippen LogP contribution >= 0.6 is 11.6 Å². The Balaban J connectivity index is 2.95. The molecule has 3 amide bonds. The quantitative estimate of drug-likeness (QED) is 0.540. The standard InChI is InChI=1S/C10H17ClN2O2/c1-6(2)12-8(11)5-9(14)13(7(3)4)10(12)15/h6-8H,5H2,1-4H3. The minimum Gasteiger partial charge on any atom is -0.305 e. The molecule has 0 saturated carbocycles. The van der Waals surface area contributed by atoms with E-state index in [2.05, 4.69) is 0 Å². The summed E-state index contributed by atoms with van der Waals surface area (Å²) in [6, 6.07) is -0.388. The van der Waals surface area contributed by atoms with Gasteiger partial charge in [0.2, 0.25) is 5.91 Å². The number of urea groups is 1. The Morgan fingerprint density at radius 2 is 1.73 bits per heavy atom. The first kappa shape index (κ1) is 12.3. The average molecular weight is 233 g/mol. The molecule has 0 bridgehead atoms. The highest BCUT2D eigenvalue weighted by Crippen LogP contribution is 2.24. The fourth-order valence-electron chi connectivity index (χ4n) is 1.74. The molecular weight excluding hydrogens is 216 g/mol. The Kier molecular flexibility index (Phi) is 3.60. The van der Waals surface area contributed by atoms with Gasteiger partial charge in [0, 0.05) is 12.1 Å². The number of hydrogen-bond donors (Lipinski definition) is 0. The monoisotopic (exact) mass is 232 g/mol. The lowest BCUT2D eigenvalue weighted by atomic mass is 10.2. The molecule has 0 aromatic rings. The number of amides is 3. The fourth-order valence-corrected chi connectivity index (χ4v) is 2.19. The van der Waals surface area contributed by atoms with E-state index >= 15 is 0 Å². The Morgan fingerprint density at radius 3 is 2.13 bits per heavy atom. The Labute approximate surface area is 95.2 Å². The number of rotatable bonds is 2. The van der Waals surface area contributed by atoms with Gasteiger partial charge in [-0.25, -0.2) is 4.79 Å².